The summed E-state index contributed by atoms with van der Waals surface area (Å²) in [6.45, 7) is 5.05. The summed E-state index contributed by atoms with van der Waals surface area (Å²) < 4.78 is 0. The second kappa shape index (κ2) is 21.0. The van der Waals surface area contributed by atoms with Gasteiger partial charge in [-0.25, -0.2) is 4.79 Å². The first-order chi connectivity index (χ1) is 10.8. The fourth-order valence-corrected chi connectivity index (χ4v) is 1.96. The van der Waals surface area contributed by atoms with Crippen molar-refractivity contribution in [1.29, 1.82) is 0 Å². The average molecular weight is 354 g/mol. The van der Waals surface area contributed by atoms with Gasteiger partial charge in [0.1, 0.15) is 6.10 Å². The molecule has 0 aromatic heterocycles. The van der Waals surface area contributed by atoms with Gasteiger partial charge in [0.15, 0.2) is 0 Å². The number of hydrogen-bond acceptors (Lipinski definition) is 4. The minimum atomic E-state index is -1.23. The quantitative estimate of drug-likeness (QED) is 0.255. The third kappa shape index (κ3) is 26.8. The summed E-state index contributed by atoms with van der Waals surface area (Å²) in [6.07, 6.45) is 11.6. The molecule has 0 spiro atoms. The standard InChI is InChI=1S/C15H29O2.C3H6O3.Na/c1-3-4-5-6-7-8-9-10-11-12-15(17)13-14(2)16;1-2(4)3(5)6;/h13-14,16H,3-12H2,1-2H3;2,4H,1H3,(H,5,6);/q-1;;+1. The van der Waals surface area contributed by atoms with E-state index in [4.69, 9.17) is 15.3 Å². The van der Waals surface area contributed by atoms with Crippen molar-refractivity contribution < 1.29 is 54.5 Å². The van der Waals surface area contributed by atoms with E-state index in [1.807, 2.05) is 0 Å². The van der Waals surface area contributed by atoms with Crippen molar-refractivity contribution in [3.8, 4) is 0 Å². The number of carboxylic acid groups (broad SMARTS) is 1. The number of carbonyl (C=O) groups is 2. The van der Waals surface area contributed by atoms with Gasteiger partial charge in [0.05, 0.1) is 0 Å². The van der Waals surface area contributed by atoms with E-state index >= 15 is 0 Å². The molecule has 5 nitrogen and oxygen atoms in total. The van der Waals surface area contributed by atoms with Crippen LogP contribution in [0, 0.1) is 6.42 Å². The molecule has 0 saturated heterocycles. The Bertz CT molecular complexity index is 293. The van der Waals surface area contributed by atoms with E-state index in [0.717, 1.165) is 12.8 Å². The molecule has 0 heterocycles. The molecular weight excluding hydrogens is 319 g/mol. The van der Waals surface area contributed by atoms with E-state index in [2.05, 4.69) is 6.92 Å². The number of ketones is 1. The summed E-state index contributed by atoms with van der Waals surface area (Å²) in [4.78, 5) is 20.7. The number of rotatable bonds is 13. The normalized spacial score (nSPS) is 12.2. The number of carbonyl (C=O) groups excluding carboxylic acids is 1. The third-order valence-corrected chi connectivity index (χ3v) is 3.31. The van der Waals surface area contributed by atoms with Crippen molar-refractivity contribution in [3.05, 3.63) is 6.42 Å². The van der Waals surface area contributed by atoms with Gasteiger partial charge in [-0.2, -0.15) is 0 Å². The molecule has 0 fully saturated rings. The van der Waals surface area contributed by atoms with Crippen molar-refractivity contribution in [2.45, 2.75) is 97.2 Å². The van der Waals surface area contributed by atoms with E-state index in [1.165, 1.54) is 58.3 Å². The van der Waals surface area contributed by atoms with Crippen molar-refractivity contribution in [3.63, 3.8) is 0 Å². The van der Waals surface area contributed by atoms with Crippen LogP contribution >= 0.6 is 0 Å². The minimum Gasteiger partial charge on any atom is -0.479 e. The summed E-state index contributed by atoms with van der Waals surface area (Å²) in [7, 11) is 0. The maximum atomic E-state index is 11.2. The van der Waals surface area contributed by atoms with Crippen molar-refractivity contribution >= 4 is 11.8 Å². The third-order valence-electron chi connectivity index (χ3n) is 3.31. The van der Waals surface area contributed by atoms with E-state index < -0.39 is 18.2 Å². The van der Waals surface area contributed by atoms with Crippen LogP contribution in [-0.4, -0.2) is 39.3 Å². The van der Waals surface area contributed by atoms with Crippen LogP contribution < -0.4 is 29.6 Å². The van der Waals surface area contributed by atoms with Gasteiger partial charge in [0.2, 0.25) is 0 Å². The van der Waals surface area contributed by atoms with Gasteiger partial charge in [0.25, 0.3) is 0 Å². The summed E-state index contributed by atoms with van der Waals surface area (Å²) in [5.74, 6) is -1.10. The molecule has 138 valence electrons. The van der Waals surface area contributed by atoms with Gasteiger partial charge in [-0.05, 0) is 19.8 Å². The first-order valence-corrected chi connectivity index (χ1v) is 8.77. The minimum absolute atomic E-state index is 0. The maximum absolute atomic E-state index is 11.2. The van der Waals surface area contributed by atoms with Gasteiger partial charge in [-0.15, -0.1) is 0 Å². The predicted octanol–water partition coefficient (Wildman–Crippen LogP) is 0.517. The summed E-state index contributed by atoms with van der Waals surface area (Å²) in [5, 5.41) is 24.8. The van der Waals surface area contributed by atoms with Crippen LogP contribution in [0.5, 0.6) is 0 Å². The van der Waals surface area contributed by atoms with Crippen LogP contribution in [-0.2, 0) is 9.59 Å². The number of hydrogen-bond donors (Lipinski definition) is 3. The number of aliphatic hydroxyl groups is 2. The molecule has 0 rings (SSSR count). The Morgan fingerprint density at radius 3 is 1.58 bits per heavy atom. The molecule has 3 N–H and O–H groups in total. The van der Waals surface area contributed by atoms with Crippen LogP contribution in [0.1, 0.15) is 85.0 Å². The Hall–Kier alpha value is -0.0700. The second-order valence-corrected chi connectivity index (χ2v) is 5.97. The molecule has 0 aliphatic carbocycles. The molecule has 0 aliphatic rings. The Labute approximate surface area is 169 Å². The number of Topliss-reactive ketones (excluding diaryl/α,β-unsaturated/α-hetero) is 1. The van der Waals surface area contributed by atoms with Crippen molar-refractivity contribution in [2.75, 3.05) is 0 Å². The monoisotopic (exact) mass is 354 g/mol. The van der Waals surface area contributed by atoms with Gasteiger partial charge in [0, 0.05) is 5.78 Å². The molecule has 0 radical (unpaired) electrons. The van der Waals surface area contributed by atoms with Crippen LogP contribution in [0.3, 0.4) is 0 Å². The Kier molecular flexibility index (Phi) is 25.1. The summed E-state index contributed by atoms with van der Waals surface area (Å²) in [6, 6.07) is 0. The Balaban J connectivity index is -0.000000538. The molecule has 6 heteroatoms. The summed E-state index contributed by atoms with van der Waals surface area (Å²) in [5.41, 5.74) is 0. The SMILES string of the molecule is CC(O)C(=O)O.CCCCCCCCCCCC(=O)[CH-]C(C)O.[Na+]. The molecule has 0 amide bonds. The number of aliphatic carboxylic acids is 1. The topological polar surface area (TPSA) is 94.8 Å². The first kappa shape index (κ1) is 28.7. The molecule has 0 aromatic rings. The van der Waals surface area contributed by atoms with Crippen molar-refractivity contribution in [1.82, 2.24) is 0 Å². The van der Waals surface area contributed by atoms with Crippen molar-refractivity contribution in [2.24, 2.45) is 0 Å². The zero-order valence-corrected chi connectivity index (χ0v) is 18.0. The number of aliphatic hydroxyl groups excluding tert-OH is 2. The molecular formula is C18H35NaO5. The van der Waals surface area contributed by atoms with Crippen LogP contribution in [0.2, 0.25) is 0 Å². The summed E-state index contributed by atoms with van der Waals surface area (Å²) >= 11 is 0. The molecule has 2 atom stereocenters. The maximum Gasteiger partial charge on any atom is 1.00 e. The van der Waals surface area contributed by atoms with Gasteiger partial charge >= 0.3 is 35.5 Å². The first-order valence-electron chi connectivity index (χ1n) is 8.77. The van der Waals surface area contributed by atoms with Crippen LogP contribution in [0.4, 0.5) is 0 Å². The molecule has 2 unspecified atom stereocenters. The zero-order valence-electron chi connectivity index (χ0n) is 16.0. The van der Waals surface area contributed by atoms with Crippen LogP contribution in [0.15, 0.2) is 0 Å². The fraction of sp³-hybridized carbons (Fsp3) is 0.833. The fourth-order valence-electron chi connectivity index (χ4n) is 1.96. The largest absolute Gasteiger partial charge is 1.00 e. The average Bonchev–Trinajstić information content (AvgIpc) is 2.45. The number of carboxylic acids is 1. The molecule has 24 heavy (non-hydrogen) atoms. The van der Waals surface area contributed by atoms with Gasteiger partial charge in [-0.1, -0.05) is 71.3 Å². The number of unbranched alkanes of at least 4 members (excludes halogenated alkanes) is 8. The van der Waals surface area contributed by atoms with Gasteiger partial charge < -0.3 is 20.1 Å². The molecule has 0 aliphatic heterocycles. The van der Waals surface area contributed by atoms with Gasteiger partial charge in [-0.3, -0.25) is 6.42 Å². The predicted molar refractivity (Wildman–Crippen MR) is 92.1 cm³/mol. The molecule has 0 bridgehead atoms. The second-order valence-electron chi connectivity index (χ2n) is 5.97. The Morgan fingerprint density at radius 1 is 0.875 bits per heavy atom. The smallest absolute Gasteiger partial charge is 0.479 e. The molecule has 0 aromatic carbocycles. The van der Waals surface area contributed by atoms with E-state index in [-0.39, 0.29) is 35.3 Å². The van der Waals surface area contributed by atoms with E-state index in [9.17, 15) is 9.59 Å². The van der Waals surface area contributed by atoms with E-state index in [1.54, 1.807) is 6.92 Å². The zero-order chi connectivity index (χ0) is 18.1. The Morgan fingerprint density at radius 2 is 1.25 bits per heavy atom. The molecule has 0 saturated carbocycles. The van der Waals surface area contributed by atoms with Crippen LogP contribution in [0.25, 0.3) is 0 Å². The van der Waals surface area contributed by atoms with E-state index in [0.29, 0.717) is 6.42 Å².